The third kappa shape index (κ3) is 3.07. The van der Waals surface area contributed by atoms with E-state index in [0.29, 0.717) is 23.1 Å². The van der Waals surface area contributed by atoms with Gasteiger partial charge in [0.05, 0.1) is 5.25 Å². The summed E-state index contributed by atoms with van der Waals surface area (Å²) < 4.78 is 0. The number of hydrogen-bond acceptors (Lipinski definition) is 7. The Morgan fingerprint density at radius 1 is 1.23 bits per heavy atom. The molecule has 1 amide bonds. The first-order valence-corrected chi connectivity index (χ1v) is 7.79. The first-order chi connectivity index (χ1) is 10.5. The molecule has 0 unspecified atom stereocenters. The van der Waals surface area contributed by atoms with Crippen LogP contribution in [0.4, 0.5) is 17.6 Å². The Hall–Kier alpha value is -2.06. The Labute approximate surface area is 136 Å². The second kappa shape index (κ2) is 5.98. The summed E-state index contributed by atoms with van der Waals surface area (Å²) in [6, 6.07) is 7.22. The molecule has 9 heteroatoms. The van der Waals surface area contributed by atoms with Gasteiger partial charge in [-0.25, -0.2) is 0 Å². The highest BCUT2D eigenvalue weighted by molar-refractivity contribution is 8.00. The molecule has 7 nitrogen and oxygen atoms in total. The number of nitrogen functional groups attached to an aromatic ring is 2. The summed E-state index contributed by atoms with van der Waals surface area (Å²) in [6.45, 7) is 0.618. The highest BCUT2D eigenvalue weighted by Crippen LogP contribution is 2.32. The van der Waals surface area contributed by atoms with E-state index in [1.54, 1.807) is 17.0 Å². The third-order valence-corrected chi connectivity index (χ3v) is 4.52. The van der Waals surface area contributed by atoms with Gasteiger partial charge in [0.2, 0.25) is 17.8 Å². The zero-order chi connectivity index (χ0) is 15.7. The number of amides is 1. The molecule has 1 aromatic heterocycles. The molecular formula is C13H13ClN6OS. The van der Waals surface area contributed by atoms with Crippen LogP contribution in [-0.2, 0) is 4.79 Å². The van der Waals surface area contributed by atoms with Crippen molar-refractivity contribution in [2.45, 2.75) is 16.8 Å². The smallest absolute Gasteiger partial charge is 0.240 e. The predicted molar refractivity (Wildman–Crippen MR) is 86.7 cm³/mol. The van der Waals surface area contributed by atoms with Gasteiger partial charge in [0, 0.05) is 17.3 Å². The van der Waals surface area contributed by atoms with Crippen LogP contribution >= 0.6 is 23.4 Å². The summed E-state index contributed by atoms with van der Waals surface area (Å²) in [7, 11) is 0. The topological polar surface area (TPSA) is 111 Å². The van der Waals surface area contributed by atoms with Gasteiger partial charge in [-0.05, 0) is 24.6 Å². The van der Waals surface area contributed by atoms with Crippen LogP contribution in [0.25, 0.3) is 0 Å². The minimum absolute atomic E-state index is 0.00942. The van der Waals surface area contributed by atoms with Crippen LogP contribution in [0.3, 0.4) is 0 Å². The summed E-state index contributed by atoms with van der Waals surface area (Å²) in [4.78, 5) is 25.9. The standard InChI is InChI=1S/C13H13ClN6OS/c14-7-2-1-3-8(6-7)20-5-4-9(10(20)21)22-13-18-11(15)17-12(16)19-13/h1-3,6,9H,4-5H2,(H4,15,16,17,18,19)/t9-/m0/s1. The molecule has 1 saturated heterocycles. The van der Waals surface area contributed by atoms with Crippen LogP contribution in [0.2, 0.25) is 5.02 Å². The maximum Gasteiger partial charge on any atom is 0.240 e. The number of nitrogens with two attached hydrogens (primary N) is 2. The van der Waals surface area contributed by atoms with Crippen molar-refractivity contribution in [3.63, 3.8) is 0 Å². The number of thioether (sulfide) groups is 1. The fourth-order valence-electron chi connectivity index (χ4n) is 2.23. The lowest BCUT2D eigenvalue weighted by Crippen LogP contribution is -2.28. The Bertz CT molecular complexity index is 707. The number of carbonyl (C=O) groups excluding carboxylic acids is 1. The highest BCUT2D eigenvalue weighted by Gasteiger charge is 2.34. The molecule has 0 saturated carbocycles. The highest BCUT2D eigenvalue weighted by atomic mass is 35.5. The second-order valence-corrected chi connectivity index (χ2v) is 6.31. The average Bonchev–Trinajstić information content (AvgIpc) is 2.79. The fraction of sp³-hybridized carbons (Fsp3) is 0.231. The minimum atomic E-state index is -0.278. The number of rotatable bonds is 3. The van der Waals surface area contributed by atoms with Crippen molar-refractivity contribution < 1.29 is 4.79 Å². The number of halogens is 1. The molecule has 3 rings (SSSR count). The van der Waals surface area contributed by atoms with Gasteiger partial charge in [-0.1, -0.05) is 29.4 Å². The Kier molecular flexibility index (Phi) is 4.04. The van der Waals surface area contributed by atoms with Gasteiger partial charge in [-0.3, -0.25) is 4.79 Å². The molecular weight excluding hydrogens is 324 g/mol. The van der Waals surface area contributed by atoms with Crippen LogP contribution in [0, 0.1) is 0 Å². The molecule has 1 aliphatic rings. The maximum atomic E-state index is 12.5. The van der Waals surface area contributed by atoms with E-state index in [1.807, 2.05) is 12.1 Å². The third-order valence-electron chi connectivity index (χ3n) is 3.17. The summed E-state index contributed by atoms with van der Waals surface area (Å²) in [5.41, 5.74) is 11.9. The molecule has 114 valence electrons. The average molecular weight is 337 g/mol. The number of aromatic nitrogens is 3. The lowest BCUT2D eigenvalue weighted by Gasteiger charge is -2.16. The lowest BCUT2D eigenvalue weighted by atomic mass is 10.3. The molecule has 4 N–H and O–H groups in total. The van der Waals surface area contributed by atoms with Gasteiger partial charge in [0.1, 0.15) is 0 Å². The molecule has 2 heterocycles. The number of hydrogen-bond donors (Lipinski definition) is 2. The molecule has 1 atom stereocenters. The van der Waals surface area contributed by atoms with E-state index in [2.05, 4.69) is 15.0 Å². The van der Waals surface area contributed by atoms with Gasteiger partial charge < -0.3 is 16.4 Å². The fourth-order valence-corrected chi connectivity index (χ4v) is 3.41. The molecule has 1 aromatic carbocycles. The van der Waals surface area contributed by atoms with E-state index >= 15 is 0 Å². The maximum absolute atomic E-state index is 12.5. The normalized spacial score (nSPS) is 18.0. The summed E-state index contributed by atoms with van der Waals surface area (Å²) in [5, 5.41) is 0.677. The predicted octanol–water partition coefficient (Wildman–Crippen LogP) is 1.59. The summed E-state index contributed by atoms with van der Waals surface area (Å²) in [5.74, 6) is 0.0871. The first-order valence-electron chi connectivity index (χ1n) is 6.53. The van der Waals surface area contributed by atoms with Crippen molar-refractivity contribution >= 4 is 46.9 Å². The van der Waals surface area contributed by atoms with E-state index in [0.717, 1.165) is 5.69 Å². The van der Waals surface area contributed by atoms with Gasteiger partial charge in [0.25, 0.3) is 0 Å². The van der Waals surface area contributed by atoms with E-state index < -0.39 is 0 Å². The van der Waals surface area contributed by atoms with Gasteiger partial charge >= 0.3 is 0 Å². The quantitative estimate of drug-likeness (QED) is 0.875. The van der Waals surface area contributed by atoms with Crippen molar-refractivity contribution in [3.8, 4) is 0 Å². The molecule has 0 spiro atoms. The van der Waals surface area contributed by atoms with Crippen LogP contribution in [-0.4, -0.2) is 32.7 Å². The summed E-state index contributed by atoms with van der Waals surface area (Å²) >= 11 is 7.22. The van der Waals surface area contributed by atoms with Gasteiger partial charge in [-0.2, -0.15) is 15.0 Å². The van der Waals surface area contributed by atoms with Crippen LogP contribution < -0.4 is 16.4 Å². The van der Waals surface area contributed by atoms with Crippen molar-refractivity contribution in [1.82, 2.24) is 15.0 Å². The Morgan fingerprint density at radius 2 is 1.95 bits per heavy atom. The van der Waals surface area contributed by atoms with Crippen molar-refractivity contribution in [1.29, 1.82) is 0 Å². The zero-order valence-electron chi connectivity index (χ0n) is 11.4. The number of carbonyl (C=O) groups is 1. The number of nitrogens with zero attached hydrogens (tertiary/aromatic N) is 4. The van der Waals surface area contributed by atoms with Gasteiger partial charge in [-0.15, -0.1) is 0 Å². The molecule has 22 heavy (non-hydrogen) atoms. The summed E-state index contributed by atoms with van der Waals surface area (Å²) in [6.07, 6.45) is 0.682. The molecule has 1 fully saturated rings. The molecule has 0 radical (unpaired) electrons. The first kappa shape index (κ1) is 14.9. The number of benzene rings is 1. The molecule has 2 aromatic rings. The zero-order valence-corrected chi connectivity index (χ0v) is 13.0. The van der Waals surface area contributed by atoms with Crippen LogP contribution in [0.1, 0.15) is 6.42 Å². The largest absolute Gasteiger partial charge is 0.368 e. The Balaban J connectivity index is 1.76. The minimum Gasteiger partial charge on any atom is -0.368 e. The molecule has 0 aliphatic carbocycles. The second-order valence-electron chi connectivity index (χ2n) is 4.70. The molecule has 1 aliphatic heterocycles. The van der Waals surface area contributed by atoms with Crippen LogP contribution in [0.5, 0.6) is 0 Å². The van der Waals surface area contributed by atoms with E-state index in [4.69, 9.17) is 23.1 Å². The van der Waals surface area contributed by atoms with E-state index in [1.165, 1.54) is 11.8 Å². The SMILES string of the molecule is Nc1nc(N)nc(S[C@H]2CCN(c3cccc(Cl)c3)C2=O)n1. The van der Waals surface area contributed by atoms with Crippen molar-refractivity contribution in [3.05, 3.63) is 29.3 Å². The van der Waals surface area contributed by atoms with E-state index in [-0.39, 0.29) is 23.1 Å². The van der Waals surface area contributed by atoms with Gasteiger partial charge in [0.15, 0.2) is 5.16 Å². The monoisotopic (exact) mass is 336 g/mol. The molecule has 0 bridgehead atoms. The lowest BCUT2D eigenvalue weighted by molar-refractivity contribution is -0.116. The van der Waals surface area contributed by atoms with Crippen molar-refractivity contribution in [2.75, 3.05) is 22.9 Å². The van der Waals surface area contributed by atoms with Crippen LogP contribution in [0.15, 0.2) is 29.4 Å². The Morgan fingerprint density at radius 3 is 2.64 bits per heavy atom. The van der Waals surface area contributed by atoms with E-state index in [9.17, 15) is 4.79 Å². The van der Waals surface area contributed by atoms with Crippen molar-refractivity contribution in [2.24, 2.45) is 0 Å². The number of anilines is 3.